The Hall–Kier alpha value is -0.570. The number of nitrogens with zero attached hydrogens (tertiary/aromatic N) is 1. The summed E-state index contributed by atoms with van der Waals surface area (Å²) in [6, 6.07) is 0.337. The van der Waals surface area contributed by atoms with Crippen molar-refractivity contribution in [2.45, 2.75) is 39.7 Å². The van der Waals surface area contributed by atoms with Crippen molar-refractivity contribution < 1.29 is 9.53 Å². The lowest BCUT2D eigenvalue weighted by Gasteiger charge is -2.45. The molecule has 0 saturated carbocycles. The summed E-state index contributed by atoms with van der Waals surface area (Å²) in [5.74, 6) is 0.895. The summed E-state index contributed by atoms with van der Waals surface area (Å²) in [6.07, 6.45) is 2.25. The molecule has 2 rings (SSSR count). The van der Waals surface area contributed by atoms with Crippen LogP contribution in [0.25, 0.3) is 0 Å². The third-order valence-corrected chi connectivity index (χ3v) is 3.80. The van der Waals surface area contributed by atoms with Crippen molar-refractivity contribution in [3.63, 3.8) is 0 Å². The fraction of sp³-hybridized carbons (Fsp3) is 0.917. The van der Waals surface area contributed by atoms with E-state index in [9.17, 15) is 4.79 Å². The van der Waals surface area contributed by atoms with Crippen LogP contribution in [0, 0.1) is 11.3 Å². The van der Waals surface area contributed by atoms with Crippen LogP contribution in [0.5, 0.6) is 0 Å². The van der Waals surface area contributed by atoms with Crippen molar-refractivity contribution in [1.82, 2.24) is 4.90 Å². The summed E-state index contributed by atoms with van der Waals surface area (Å²) >= 11 is 0. The van der Waals surface area contributed by atoms with Gasteiger partial charge in [-0.05, 0) is 24.2 Å². The average Bonchev–Trinajstić information content (AvgIpc) is 2.16. The van der Waals surface area contributed by atoms with Crippen LogP contribution in [-0.2, 0) is 9.53 Å². The molecule has 0 aromatic heterocycles. The van der Waals surface area contributed by atoms with Gasteiger partial charge in [0.2, 0.25) is 5.91 Å². The average molecular weight is 211 g/mol. The van der Waals surface area contributed by atoms with Crippen molar-refractivity contribution in [3.05, 3.63) is 0 Å². The molecule has 15 heavy (non-hydrogen) atoms. The fourth-order valence-electron chi connectivity index (χ4n) is 2.69. The lowest BCUT2D eigenvalue weighted by atomic mass is 9.73. The molecule has 2 aliphatic rings. The van der Waals surface area contributed by atoms with Gasteiger partial charge >= 0.3 is 0 Å². The Morgan fingerprint density at radius 3 is 2.80 bits per heavy atom. The first kappa shape index (κ1) is 10.9. The predicted octanol–water partition coefficient (Wildman–Crippen LogP) is 1.67. The Balaban J connectivity index is 2.03. The Labute approximate surface area is 91.8 Å². The summed E-state index contributed by atoms with van der Waals surface area (Å²) in [5.41, 5.74) is 0.354. The largest absolute Gasteiger partial charge is 0.369 e. The summed E-state index contributed by atoms with van der Waals surface area (Å²) in [4.78, 5) is 13.6. The molecule has 2 saturated heterocycles. The van der Waals surface area contributed by atoms with Crippen LogP contribution in [0.4, 0.5) is 0 Å². The zero-order valence-corrected chi connectivity index (χ0v) is 9.95. The number of carbonyl (C=O) groups is 1. The summed E-state index contributed by atoms with van der Waals surface area (Å²) in [6.45, 7) is 8.82. The molecule has 0 aromatic carbocycles. The van der Waals surface area contributed by atoms with E-state index in [1.54, 1.807) is 0 Å². The summed E-state index contributed by atoms with van der Waals surface area (Å²) in [7, 11) is 0. The first-order valence-electron chi connectivity index (χ1n) is 5.85. The van der Waals surface area contributed by atoms with Crippen molar-refractivity contribution >= 4 is 5.91 Å². The molecule has 0 aliphatic carbocycles. The van der Waals surface area contributed by atoms with E-state index in [2.05, 4.69) is 20.8 Å². The number of fused-ring (bicyclic) bond motifs is 1. The van der Waals surface area contributed by atoms with Gasteiger partial charge < -0.3 is 9.64 Å². The Morgan fingerprint density at radius 1 is 1.40 bits per heavy atom. The van der Waals surface area contributed by atoms with Gasteiger partial charge in [-0.25, -0.2) is 0 Å². The molecule has 2 fully saturated rings. The van der Waals surface area contributed by atoms with Gasteiger partial charge in [0.25, 0.3) is 0 Å². The van der Waals surface area contributed by atoms with Crippen molar-refractivity contribution in [2.24, 2.45) is 11.3 Å². The van der Waals surface area contributed by atoms with Gasteiger partial charge in [-0.3, -0.25) is 4.79 Å². The Kier molecular flexibility index (Phi) is 2.75. The first-order valence-corrected chi connectivity index (χ1v) is 5.85. The second-order valence-corrected chi connectivity index (χ2v) is 5.84. The maximum absolute atomic E-state index is 11.6. The van der Waals surface area contributed by atoms with Crippen LogP contribution in [0.3, 0.4) is 0 Å². The second kappa shape index (κ2) is 3.78. The minimum absolute atomic E-state index is 0.179. The van der Waals surface area contributed by atoms with E-state index in [1.807, 2.05) is 4.90 Å². The van der Waals surface area contributed by atoms with Crippen LogP contribution in [0.2, 0.25) is 0 Å². The zero-order chi connectivity index (χ0) is 11.1. The minimum atomic E-state index is 0.179. The highest BCUT2D eigenvalue weighted by atomic mass is 16.5. The number of piperidine rings is 1. The maximum Gasteiger partial charge on any atom is 0.248 e. The van der Waals surface area contributed by atoms with E-state index >= 15 is 0 Å². The van der Waals surface area contributed by atoms with E-state index in [1.165, 1.54) is 0 Å². The fourth-order valence-corrected chi connectivity index (χ4v) is 2.69. The molecule has 0 N–H and O–H groups in total. The van der Waals surface area contributed by atoms with Crippen LogP contribution in [0.15, 0.2) is 0 Å². The number of hydrogen-bond acceptors (Lipinski definition) is 2. The summed E-state index contributed by atoms with van der Waals surface area (Å²) in [5, 5.41) is 0. The number of rotatable bonds is 0. The summed E-state index contributed by atoms with van der Waals surface area (Å²) < 4.78 is 5.32. The molecule has 0 radical (unpaired) electrons. The minimum Gasteiger partial charge on any atom is -0.369 e. The van der Waals surface area contributed by atoms with Crippen LogP contribution in [0.1, 0.15) is 33.6 Å². The number of morpholine rings is 1. The van der Waals surface area contributed by atoms with E-state index in [4.69, 9.17) is 4.74 Å². The number of carbonyl (C=O) groups excluding carboxylic acids is 1. The molecule has 1 amide bonds. The number of hydrogen-bond donors (Lipinski definition) is 0. The van der Waals surface area contributed by atoms with Crippen LogP contribution >= 0.6 is 0 Å². The van der Waals surface area contributed by atoms with Gasteiger partial charge in [-0.1, -0.05) is 20.8 Å². The molecule has 0 bridgehead atoms. The quantitative estimate of drug-likeness (QED) is 0.610. The van der Waals surface area contributed by atoms with Gasteiger partial charge in [-0.15, -0.1) is 0 Å². The molecule has 86 valence electrons. The molecule has 3 nitrogen and oxygen atoms in total. The molecular formula is C12H21NO2. The van der Waals surface area contributed by atoms with E-state index in [0.717, 1.165) is 26.0 Å². The highest BCUT2D eigenvalue weighted by Crippen LogP contribution is 2.37. The zero-order valence-electron chi connectivity index (χ0n) is 9.95. The van der Waals surface area contributed by atoms with Crippen molar-refractivity contribution in [2.75, 3.05) is 19.8 Å². The normalized spacial score (nSPS) is 32.7. The first-order chi connectivity index (χ1) is 6.98. The molecule has 2 unspecified atom stereocenters. The maximum atomic E-state index is 11.6. The van der Waals surface area contributed by atoms with Crippen LogP contribution < -0.4 is 0 Å². The second-order valence-electron chi connectivity index (χ2n) is 5.84. The van der Waals surface area contributed by atoms with Crippen molar-refractivity contribution in [3.8, 4) is 0 Å². The Morgan fingerprint density at radius 2 is 2.13 bits per heavy atom. The van der Waals surface area contributed by atoms with E-state index < -0.39 is 0 Å². The lowest BCUT2D eigenvalue weighted by molar-refractivity contribution is -0.153. The Bertz CT molecular complexity index is 257. The van der Waals surface area contributed by atoms with Crippen molar-refractivity contribution in [1.29, 1.82) is 0 Å². The molecule has 2 heterocycles. The topological polar surface area (TPSA) is 29.5 Å². The highest BCUT2D eigenvalue weighted by molar-refractivity contribution is 5.78. The van der Waals surface area contributed by atoms with Gasteiger partial charge in [0.05, 0.1) is 12.6 Å². The standard InChI is InChI=1S/C12H21NO2/c1-12(2,3)9-4-5-13-10(6-9)7-15-8-11(13)14/h9-10H,4-8H2,1-3H3. The molecule has 2 atom stereocenters. The van der Waals surface area contributed by atoms with E-state index in [-0.39, 0.29) is 12.5 Å². The number of amides is 1. The molecule has 0 spiro atoms. The van der Waals surface area contributed by atoms with Gasteiger partial charge in [-0.2, -0.15) is 0 Å². The van der Waals surface area contributed by atoms with Crippen LogP contribution in [-0.4, -0.2) is 36.6 Å². The molecule has 0 aromatic rings. The number of ether oxygens (including phenoxy) is 1. The third kappa shape index (κ3) is 2.17. The molecule has 2 aliphatic heterocycles. The monoisotopic (exact) mass is 211 g/mol. The van der Waals surface area contributed by atoms with Gasteiger partial charge in [0.1, 0.15) is 6.61 Å². The SMILES string of the molecule is CC(C)(C)C1CCN2C(=O)COCC2C1. The third-order valence-electron chi connectivity index (χ3n) is 3.80. The molecular weight excluding hydrogens is 190 g/mol. The highest BCUT2D eigenvalue weighted by Gasteiger charge is 2.38. The lowest BCUT2D eigenvalue weighted by Crippen LogP contribution is -2.54. The van der Waals surface area contributed by atoms with E-state index in [0.29, 0.717) is 17.4 Å². The van der Waals surface area contributed by atoms with Gasteiger partial charge in [0.15, 0.2) is 0 Å². The smallest absolute Gasteiger partial charge is 0.248 e. The predicted molar refractivity (Wildman–Crippen MR) is 58.5 cm³/mol. The molecule has 3 heteroatoms. The van der Waals surface area contributed by atoms with Gasteiger partial charge in [0, 0.05) is 6.54 Å².